The van der Waals surface area contributed by atoms with Crippen LogP contribution in [0.1, 0.15) is 27.2 Å². The van der Waals surface area contributed by atoms with Crippen LogP contribution in [0.2, 0.25) is 0 Å². The van der Waals surface area contributed by atoms with E-state index in [4.69, 9.17) is 27.4 Å². The van der Waals surface area contributed by atoms with Crippen LogP contribution in [0, 0.1) is 0 Å². The SMILES string of the molecule is CC(C)(C)OC(=O)N1CCC(Oc2ccc(NC(N)=S)cc2)C1. The van der Waals surface area contributed by atoms with E-state index in [1.54, 1.807) is 4.90 Å². The monoisotopic (exact) mass is 337 g/mol. The molecule has 1 fully saturated rings. The van der Waals surface area contributed by atoms with Gasteiger partial charge in [-0.1, -0.05) is 0 Å². The van der Waals surface area contributed by atoms with Crippen molar-refractivity contribution in [2.45, 2.75) is 38.9 Å². The maximum absolute atomic E-state index is 12.0. The summed E-state index contributed by atoms with van der Waals surface area (Å²) in [6, 6.07) is 7.37. The van der Waals surface area contributed by atoms with E-state index in [2.05, 4.69) is 5.32 Å². The number of thiocarbonyl (C=S) groups is 1. The lowest BCUT2D eigenvalue weighted by Crippen LogP contribution is -2.36. The maximum atomic E-state index is 12.0. The Morgan fingerprint density at radius 3 is 2.57 bits per heavy atom. The Bertz CT molecular complexity index is 569. The van der Waals surface area contributed by atoms with Crippen LogP contribution in [-0.2, 0) is 4.74 Å². The number of benzene rings is 1. The molecule has 1 aromatic rings. The van der Waals surface area contributed by atoms with Crippen LogP contribution >= 0.6 is 12.2 Å². The molecule has 2 rings (SSSR count). The summed E-state index contributed by atoms with van der Waals surface area (Å²) in [5, 5.41) is 3.08. The van der Waals surface area contributed by atoms with Gasteiger partial charge in [0.1, 0.15) is 17.5 Å². The standard InChI is InChI=1S/C16H23N3O3S/c1-16(2,3)22-15(20)19-9-8-13(10-19)21-12-6-4-11(5-7-12)18-14(17)23/h4-7,13H,8-10H2,1-3H3,(H3,17,18,23). The molecule has 0 aromatic heterocycles. The lowest BCUT2D eigenvalue weighted by atomic mass is 10.2. The molecule has 126 valence electrons. The normalized spacial score (nSPS) is 17.7. The fourth-order valence-electron chi connectivity index (χ4n) is 2.27. The molecule has 0 spiro atoms. The summed E-state index contributed by atoms with van der Waals surface area (Å²) in [5.74, 6) is 0.745. The zero-order valence-electron chi connectivity index (χ0n) is 13.7. The van der Waals surface area contributed by atoms with Crippen LogP contribution < -0.4 is 15.8 Å². The lowest BCUT2D eigenvalue weighted by molar-refractivity contribution is 0.0275. The Labute approximate surface area is 141 Å². The Morgan fingerprint density at radius 2 is 2.00 bits per heavy atom. The van der Waals surface area contributed by atoms with E-state index in [9.17, 15) is 4.79 Å². The van der Waals surface area contributed by atoms with Crippen LogP contribution in [-0.4, -0.2) is 40.9 Å². The number of amides is 1. The first-order chi connectivity index (χ1) is 10.7. The molecule has 1 atom stereocenters. The number of rotatable bonds is 3. The molecule has 0 radical (unpaired) electrons. The number of carbonyl (C=O) groups excluding carboxylic acids is 1. The van der Waals surface area contributed by atoms with Crippen molar-refractivity contribution in [1.29, 1.82) is 0 Å². The highest BCUT2D eigenvalue weighted by atomic mass is 32.1. The van der Waals surface area contributed by atoms with Crippen LogP contribution in [0.15, 0.2) is 24.3 Å². The first-order valence-electron chi connectivity index (χ1n) is 7.54. The highest BCUT2D eigenvalue weighted by molar-refractivity contribution is 7.80. The number of anilines is 1. The molecule has 0 aliphatic carbocycles. The van der Waals surface area contributed by atoms with Gasteiger partial charge in [0.05, 0.1) is 6.54 Å². The number of nitrogens with one attached hydrogen (secondary N) is 1. The third-order valence-corrected chi connectivity index (χ3v) is 3.32. The van der Waals surface area contributed by atoms with Gasteiger partial charge < -0.3 is 25.4 Å². The van der Waals surface area contributed by atoms with Crippen molar-refractivity contribution < 1.29 is 14.3 Å². The van der Waals surface area contributed by atoms with Crippen molar-refractivity contribution in [2.75, 3.05) is 18.4 Å². The van der Waals surface area contributed by atoms with Gasteiger partial charge >= 0.3 is 6.09 Å². The number of nitrogens with two attached hydrogens (primary N) is 1. The summed E-state index contributed by atoms with van der Waals surface area (Å²) >= 11 is 4.79. The molecule has 23 heavy (non-hydrogen) atoms. The molecule has 0 bridgehead atoms. The molecule has 1 amide bonds. The summed E-state index contributed by atoms with van der Waals surface area (Å²) < 4.78 is 11.3. The zero-order valence-corrected chi connectivity index (χ0v) is 14.5. The van der Waals surface area contributed by atoms with Gasteiger partial charge in [-0.25, -0.2) is 4.79 Å². The van der Waals surface area contributed by atoms with E-state index in [1.165, 1.54) is 0 Å². The predicted molar refractivity (Wildman–Crippen MR) is 93.7 cm³/mol. The summed E-state index contributed by atoms with van der Waals surface area (Å²) in [7, 11) is 0. The molecule has 1 saturated heterocycles. The molecular weight excluding hydrogens is 314 g/mol. The Morgan fingerprint density at radius 1 is 1.35 bits per heavy atom. The Balaban J connectivity index is 1.85. The molecular formula is C16H23N3O3S. The van der Waals surface area contributed by atoms with E-state index >= 15 is 0 Å². The topological polar surface area (TPSA) is 76.8 Å². The van der Waals surface area contributed by atoms with Crippen molar-refractivity contribution in [3.8, 4) is 5.75 Å². The summed E-state index contributed by atoms with van der Waals surface area (Å²) in [6.45, 7) is 6.75. The smallest absolute Gasteiger partial charge is 0.410 e. The average Bonchev–Trinajstić information content (AvgIpc) is 2.87. The fourth-order valence-corrected chi connectivity index (χ4v) is 2.39. The van der Waals surface area contributed by atoms with Crippen LogP contribution in [0.3, 0.4) is 0 Å². The minimum atomic E-state index is -0.484. The van der Waals surface area contributed by atoms with E-state index in [0.29, 0.717) is 13.1 Å². The Hall–Kier alpha value is -2.02. The molecule has 1 aromatic carbocycles. The van der Waals surface area contributed by atoms with Crippen LogP contribution in [0.5, 0.6) is 5.75 Å². The molecule has 3 N–H and O–H groups in total. The molecule has 1 aliphatic rings. The highest BCUT2D eigenvalue weighted by Gasteiger charge is 2.30. The van der Waals surface area contributed by atoms with Crippen molar-refractivity contribution in [2.24, 2.45) is 5.73 Å². The molecule has 1 aliphatic heterocycles. The van der Waals surface area contributed by atoms with Gasteiger partial charge in [-0.05, 0) is 57.3 Å². The second-order valence-electron chi connectivity index (χ2n) is 6.47. The Kier molecular flexibility index (Phi) is 5.30. The van der Waals surface area contributed by atoms with E-state index in [1.807, 2.05) is 45.0 Å². The van der Waals surface area contributed by atoms with Gasteiger partial charge in [0.15, 0.2) is 5.11 Å². The largest absolute Gasteiger partial charge is 0.489 e. The molecule has 0 saturated carbocycles. The quantitative estimate of drug-likeness (QED) is 0.826. The predicted octanol–water partition coefficient (Wildman–Crippen LogP) is 2.73. The maximum Gasteiger partial charge on any atom is 0.410 e. The van der Waals surface area contributed by atoms with Crippen LogP contribution in [0.25, 0.3) is 0 Å². The minimum absolute atomic E-state index is 0.0306. The number of hydrogen-bond acceptors (Lipinski definition) is 4. The number of likely N-dealkylation sites (tertiary alicyclic amines) is 1. The van der Waals surface area contributed by atoms with E-state index in [0.717, 1.165) is 17.9 Å². The first-order valence-corrected chi connectivity index (χ1v) is 7.95. The summed E-state index contributed by atoms with van der Waals surface area (Å²) in [5.41, 5.74) is 5.75. The van der Waals surface area contributed by atoms with E-state index < -0.39 is 5.60 Å². The number of hydrogen-bond donors (Lipinski definition) is 2. The second kappa shape index (κ2) is 7.04. The molecule has 1 heterocycles. The summed E-state index contributed by atoms with van der Waals surface area (Å²) in [6.07, 6.45) is 0.461. The van der Waals surface area contributed by atoms with Gasteiger partial charge in [-0.3, -0.25) is 0 Å². The fraction of sp³-hybridized carbons (Fsp3) is 0.500. The van der Waals surface area contributed by atoms with Crippen LogP contribution in [0.4, 0.5) is 10.5 Å². The minimum Gasteiger partial charge on any atom is -0.489 e. The first kappa shape index (κ1) is 17.3. The van der Waals surface area contributed by atoms with Crippen molar-refractivity contribution >= 4 is 29.1 Å². The van der Waals surface area contributed by atoms with Gasteiger partial charge in [-0.2, -0.15) is 0 Å². The third-order valence-electron chi connectivity index (χ3n) is 3.22. The van der Waals surface area contributed by atoms with Crippen molar-refractivity contribution in [3.63, 3.8) is 0 Å². The summed E-state index contributed by atoms with van der Waals surface area (Å²) in [4.78, 5) is 13.7. The highest BCUT2D eigenvalue weighted by Crippen LogP contribution is 2.22. The number of carbonyl (C=O) groups is 1. The van der Waals surface area contributed by atoms with Gasteiger partial charge in [0.2, 0.25) is 0 Å². The zero-order chi connectivity index (χ0) is 17.0. The lowest BCUT2D eigenvalue weighted by Gasteiger charge is -2.24. The average molecular weight is 337 g/mol. The number of nitrogens with zero attached hydrogens (tertiary/aromatic N) is 1. The van der Waals surface area contributed by atoms with Gasteiger partial charge in [-0.15, -0.1) is 0 Å². The van der Waals surface area contributed by atoms with Gasteiger partial charge in [0.25, 0.3) is 0 Å². The van der Waals surface area contributed by atoms with Crippen molar-refractivity contribution in [3.05, 3.63) is 24.3 Å². The van der Waals surface area contributed by atoms with E-state index in [-0.39, 0.29) is 17.3 Å². The number of ether oxygens (including phenoxy) is 2. The molecule has 6 nitrogen and oxygen atoms in total. The van der Waals surface area contributed by atoms with Gasteiger partial charge in [0, 0.05) is 18.7 Å². The van der Waals surface area contributed by atoms with Crippen molar-refractivity contribution in [1.82, 2.24) is 4.90 Å². The third kappa shape index (κ3) is 5.59. The second-order valence-corrected chi connectivity index (χ2v) is 6.91. The molecule has 7 heteroatoms. The molecule has 1 unspecified atom stereocenters.